The predicted molar refractivity (Wildman–Crippen MR) is 68.0 cm³/mol. The van der Waals surface area contributed by atoms with E-state index >= 15 is 0 Å². The first-order valence-electron chi connectivity index (χ1n) is 4.69. The van der Waals surface area contributed by atoms with Crippen LogP contribution in [-0.2, 0) is 4.74 Å². The van der Waals surface area contributed by atoms with Crippen molar-refractivity contribution in [3.05, 3.63) is 33.4 Å². The van der Waals surface area contributed by atoms with E-state index in [-0.39, 0.29) is 11.9 Å². The second-order valence-electron chi connectivity index (χ2n) is 3.34. The molecule has 0 heterocycles. The lowest BCUT2D eigenvalue weighted by atomic mass is 10.2. The van der Waals surface area contributed by atoms with Gasteiger partial charge in [0, 0.05) is 22.3 Å². The zero-order valence-corrected chi connectivity index (χ0v) is 10.9. The summed E-state index contributed by atoms with van der Waals surface area (Å²) >= 11 is 2.18. The van der Waals surface area contributed by atoms with Crippen LogP contribution in [0.25, 0.3) is 0 Å². The monoisotopic (exact) mass is 319 g/mol. The summed E-state index contributed by atoms with van der Waals surface area (Å²) in [7, 11) is 1.62. The van der Waals surface area contributed by atoms with E-state index in [1.54, 1.807) is 13.2 Å². The van der Waals surface area contributed by atoms with E-state index in [1.165, 1.54) is 0 Å². The molecule has 4 heteroatoms. The summed E-state index contributed by atoms with van der Waals surface area (Å²) in [6.07, 6.45) is 0. The van der Waals surface area contributed by atoms with Gasteiger partial charge in [-0.1, -0.05) is 6.07 Å². The fraction of sp³-hybridized carbons (Fsp3) is 0.364. The van der Waals surface area contributed by atoms with E-state index in [4.69, 9.17) is 4.74 Å². The molecule has 1 N–H and O–H groups in total. The summed E-state index contributed by atoms with van der Waals surface area (Å²) in [4.78, 5) is 11.7. The van der Waals surface area contributed by atoms with Crippen molar-refractivity contribution >= 4 is 28.5 Å². The fourth-order valence-corrected chi connectivity index (χ4v) is 1.77. The Kier molecular flexibility index (Phi) is 5.04. The first-order valence-corrected chi connectivity index (χ1v) is 5.76. The highest BCUT2D eigenvalue weighted by atomic mass is 127. The summed E-state index contributed by atoms with van der Waals surface area (Å²) in [5, 5.41) is 2.86. The van der Waals surface area contributed by atoms with E-state index in [0.717, 1.165) is 3.57 Å². The van der Waals surface area contributed by atoms with E-state index in [9.17, 15) is 4.79 Å². The van der Waals surface area contributed by atoms with Crippen LogP contribution in [0.5, 0.6) is 0 Å². The highest BCUT2D eigenvalue weighted by molar-refractivity contribution is 14.1. The minimum atomic E-state index is -0.0573. The topological polar surface area (TPSA) is 38.3 Å². The van der Waals surface area contributed by atoms with Crippen LogP contribution in [0, 0.1) is 3.57 Å². The van der Waals surface area contributed by atoms with Gasteiger partial charge in [-0.3, -0.25) is 4.79 Å². The smallest absolute Gasteiger partial charge is 0.251 e. The minimum Gasteiger partial charge on any atom is -0.383 e. The Morgan fingerprint density at radius 3 is 2.93 bits per heavy atom. The van der Waals surface area contributed by atoms with Crippen LogP contribution in [0.4, 0.5) is 0 Å². The van der Waals surface area contributed by atoms with Crippen LogP contribution < -0.4 is 5.32 Å². The molecule has 15 heavy (non-hydrogen) atoms. The quantitative estimate of drug-likeness (QED) is 0.863. The molecule has 3 nitrogen and oxygen atoms in total. The molecule has 82 valence electrons. The third kappa shape index (κ3) is 4.17. The summed E-state index contributed by atoms with van der Waals surface area (Å²) in [6, 6.07) is 7.51. The molecule has 0 fully saturated rings. The highest BCUT2D eigenvalue weighted by Gasteiger charge is 2.09. The van der Waals surface area contributed by atoms with Gasteiger partial charge in [-0.15, -0.1) is 0 Å². The summed E-state index contributed by atoms with van der Waals surface area (Å²) in [5.74, 6) is -0.0573. The molecular weight excluding hydrogens is 305 g/mol. The largest absolute Gasteiger partial charge is 0.383 e. The maximum absolute atomic E-state index is 11.7. The lowest BCUT2D eigenvalue weighted by molar-refractivity contribution is 0.0905. The fourth-order valence-electron chi connectivity index (χ4n) is 1.23. The molecule has 1 amide bonds. The van der Waals surface area contributed by atoms with Crippen LogP contribution in [0.3, 0.4) is 0 Å². The number of rotatable bonds is 4. The van der Waals surface area contributed by atoms with Crippen molar-refractivity contribution in [2.75, 3.05) is 13.7 Å². The molecule has 1 atom stereocenters. The molecule has 1 aromatic rings. The first kappa shape index (κ1) is 12.4. The van der Waals surface area contributed by atoms with Gasteiger partial charge in [0.25, 0.3) is 5.91 Å². The van der Waals surface area contributed by atoms with Gasteiger partial charge in [0.15, 0.2) is 0 Å². The van der Waals surface area contributed by atoms with Crippen LogP contribution in [0.1, 0.15) is 17.3 Å². The number of methoxy groups -OCH3 is 1. The Hall–Kier alpha value is -0.620. The van der Waals surface area contributed by atoms with Gasteiger partial charge in [0.2, 0.25) is 0 Å². The Morgan fingerprint density at radius 1 is 1.60 bits per heavy atom. The number of carbonyl (C=O) groups is 1. The molecule has 0 saturated carbocycles. The van der Waals surface area contributed by atoms with Gasteiger partial charge in [-0.25, -0.2) is 0 Å². The van der Waals surface area contributed by atoms with Crippen LogP contribution in [0.2, 0.25) is 0 Å². The Balaban J connectivity index is 2.61. The lowest BCUT2D eigenvalue weighted by Gasteiger charge is -2.12. The van der Waals surface area contributed by atoms with Gasteiger partial charge >= 0.3 is 0 Å². The standard InChI is InChI=1S/C11H14INO2/c1-8(7-15-2)13-11(14)9-4-3-5-10(12)6-9/h3-6,8H,7H2,1-2H3,(H,13,14)/t8-/m0/s1. The van der Waals surface area contributed by atoms with Crippen LogP contribution >= 0.6 is 22.6 Å². The molecule has 0 saturated heterocycles. The van der Waals surface area contributed by atoms with Crippen molar-refractivity contribution in [2.45, 2.75) is 13.0 Å². The van der Waals surface area contributed by atoms with Gasteiger partial charge in [-0.2, -0.15) is 0 Å². The molecule has 0 radical (unpaired) electrons. The Morgan fingerprint density at radius 2 is 2.33 bits per heavy atom. The summed E-state index contributed by atoms with van der Waals surface area (Å²) < 4.78 is 6.00. The van der Waals surface area contributed by atoms with Crippen molar-refractivity contribution < 1.29 is 9.53 Å². The minimum absolute atomic E-state index is 0.0281. The molecule has 0 aliphatic carbocycles. The molecular formula is C11H14INO2. The number of nitrogens with one attached hydrogen (secondary N) is 1. The number of hydrogen-bond acceptors (Lipinski definition) is 2. The number of amides is 1. The number of carbonyl (C=O) groups excluding carboxylic acids is 1. The average Bonchev–Trinajstić information content (AvgIpc) is 2.18. The molecule has 0 spiro atoms. The van der Waals surface area contributed by atoms with Crippen molar-refractivity contribution in [2.24, 2.45) is 0 Å². The molecule has 0 aromatic heterocycles. The molecule has 0 unspecified atom stereocenters. The van der Waals surface area contributed by atoms with Gasteiger partial charge < -0.3 is 10.1 Å². The zero-order valence-electron chi connectivity index (χ0n) is 8.79. The summed E-state index contributed by atoms with van der Waals surface area (Å²) in [5.41, 5.74) is 0.685. The normalized spacial score (nSPS) is 12.2. The Bertz CT molecular complexity index is 341. The van der Waals surface area contributed by atoms with Crippen LogP contribution in [-0.4, -0.2) is 25.7 Å². The number of hydrogen-bond donors (Lipinski definition) is 1. The number of benzene rings is 1. The van der Waals surface area contributed by atoms with Crippen molar-refractivity contribution in [1.29, 1.82) is 0 Å². The highest BCUT2D eigenvalue weighted by Crippen LogP contribution is 2.07. The van der Waals surface area contributed by atoms with E-state index < -0.39 is 0 Å². The number of halogens is 1. The molecule has 1 aromatic carbocycles. The van der Waals surface area contributed by atoms with Gasteiger partial charge in [0.1, 0.15) is 0 Å². The zero-order chi connectivity index (χ0) is 11.3. The molecule has 0 bridgehead atoms. The maximum atomic E-state index is 11.7. The van der Waals surface area contributed by atoms with Crippen molar-refractivity contribution in [1.82, 2.24) is 5.32 Å². The predicted octanol–water partition coefficient (Wildman–Crippen LogP) is 2.06. The SMILES string of the molecule is COC[C@H](C)NC(=O)c1cccc(I)c1. The van der Waals surface area contributed by atoms with Crippen LogP contribution in [0.15, 0.2) is 24.3 Å². The van der Waals surface area contributed by atoms with Crippen molar-refractivity contribution in [3.63, 3.8) is 0 Å². The molecule has 0 aliphatic rings. The van der Waals surface area contributed by atoms with Crippen molar-refractivity contribution in [3.8, 4) is 0 Å². The molecule has 1 rings (SSSR count). The number of ether oxygens (including phenoxy) is 1. The van der Waals surface area contributed by atoms with Gasteiger partial charge in [0.05, 0.1) is 6.61 Å². The maximum Gasteiger partial charge on any atom is 0.251 e. The second-order valence-corrected chi connectivity index (χ2v) is 4.59. The van der Waals surface area contributed by atoms with E-state index in [2.05, 4.69) is 27.9 Å². The van der Waals surface area contributed by atoms with E-state index in [0.29, 0.717) is 12.2 Å². The van der Waals surface area contributed by atoms with E-state index in [1.807, 2.05) is 25.1 Å². The summed E-state index contributed by atoms with van der Waals surface area (Å²) in [6.45, 7) is 2.44. The molecule has 0 aliphatic heterocycles. The second kappa shape index (κ2) is 6.07. The lowest BCUT2D eigenvalue weighted by Crippen LogP contribution is -2.35. The first-order chi connectivity index (χ1) is 7.13. The van der Waals surface area contributed by atoms with Gasteiger partial charge in [-0.05, 0) is 47.7 Å². The Labute approximate surface area is 103 Å². The third-order valence-corrected chi connectivity index (χ3v) is 2.55. The average molecular weight is 319 g/mol. The third-order valence-electron chi connectivity index (χ3n) is 1.88.